The molecule has 0 unspecified atom stereocenters. The molecule has 0 saturated heterocycles. The molecule has 2 aromatic carbocycles. The summed E-state index contributed by atoms with van der Waals surface area (Å²) in [5.41, 5.74) is 2.71. The molecule has 0 fully saturated rings. The van der Waals surface area contributed by atoms with Gasteiger partial charge in [-0.25, -0.2) is 14.3 Å². The highest BCUT2D eigenvalue weighted by Gasteiger charge is 2.19. The van der Waals surface area contributed by atoms with Gasteiger partial charge in [0.15, 0.2) is 11.2 Å². The van der Waals surface area contributed by atoms with Crippen LogP contribution in [0.5, 0.6) is 0 Å². The van der Waals surface area contributed by atoms with E-state index < -0.39 is 5.69 Å². The third-order valence-electron chi connectivity index (χ3n) is 5.33. The van der Waals surface area contributed by atoms with Gasteiger partial charge in [-0.1, -0.05) is 55.8 Å². The molecule has 0 radical (unpaired) electrons. The molecule has 6 nitrogen and oxygen atoms in total. The summed E-state index contributed by atoms with van der Waals surface area (Å²) in [6.45, 7) is 6.68. The Bertz CT molecular complexity index is 1330. The summed E-state index contributed by atoms with van der Waals surface area (Å²) in [5.74, 6) is 0.384. The Kier molecular flexibility index (Phi) is 5.35. The second-order valence-corrected chi connectivity index (χ2v) is 7.96. The molecule has 2 aromatic heterocycles. The van der Waals surface area contributed by atoms with E-state index in [1.54, 1.807) is 17.8 Å². The fourth-order valence-electron chi connectivity index (χ4n) is 3.63. The third kappa shape index (κ3) is 3.37. The first kappa shape index (κ1) is 20.2. The molecule has 154 valence electrons. The molecule has 0 aliphatic carbocycles. The fraction of sp³-hybridized carbons (Fsp3) is 0.261. The number of benzene rings is 2. The predicted molar refractivity (Wildman–Crippen MR) is 120 cm³/mol. The maximum atomic E-state index is 13.1. The zero-order valence-electron chi connectivity index (χ0n) is 17.2. The number of rotatable bonds is 5. The minimum absolute atomic E-state index is 0.273. The summed E-state index contributed by atoms with van der Waals surface area (Å²) < 4.78 is 4.50. The van der Waals surface area contributed by atoms with Crippen molar-refractivity contribution in [3.63, 3.8) is 0 Å². The number of hydrogen-bond acceptors (Lipinski definition) is 3. The van der Waals surface area contributed by atoms with Crippen molar-refractivity contribution in [3.05, 3.63) is 91.8 Å². The number of aromatic nitrogens is 4. The minimum atomic E-state index is -0.393. The molecular weight excluding hydrogens is 400 g/mol. The maximum absolute atomic E-state index is 13.1. The Labute approximate surface area is 179 Å². The van der Waals surface area contributed by atoms with Crippen molar-refractivity contribution in [1.82, 2.24) is 18.7 Å². The van der Waals surface area contributed by atoms with Crippen molar-refractivity contribution in [3.8, 4) is 5.69 Å². The molecule has 0 spiro atoms. The lowest BCUT2D eigenvalue weighted by Gasteiger charge is -2.13. The zero-order valence-corrected chi connectivity index (χ0v) is 17.9. The third-order valence-corrected chi connectivity index (χ3v) is 5.70. The van der Waals surface area contributed by atoms with Gasteiger partial charge in [-0.3, -0.25) is 9.36 Å². The van der Waals surface area contributed by atoms with Gasteiger partial charge in [0.05, 0.1) is 18.6 Å². The van der Waals surface area contributed by atoms with Crippen LogP contribution >= 0.6 is 11.6 Å². The summed E-state index contributed by atoms with van der Waals surface area (Å²) in [4.78, 5) is 30.7. The van der Waals surface area contributed by atoms with Crippen molar-refractivity contribution in [1.29, 1.82) is 0 Å². The first-order valence-electron chi connectivity index (χ1n) is 9.96. The average Bonchev–Trinajstić information content (AvgIpc) is 3.14. The van der Waals surface area contributed by atoms with E-state index in [4.69, 9.17) is 11.6 Å². The minimum Gasteiger partial charge on any atom is -0.320 e. The lowest BCUT2D eigenvalue weighted by atomic mass is 10.0. The molecule has 30 heavy (non-hydrogen) atoms. The van der Waals surface area contributed by atoms with Gasteiger partial charge in [-0.05, 0) is 42.2 Å². The van der Waals surface area contributed by atoms with E-state index in [1.165, 1.54) is 14.7 Å². The smallest absolute Gasteiger partial charge is 0.320 e. The molecule has 7 heteroatoms. The van der Waals surface area contributed by atoms with E-state index in [2.05, 4.69) is 18.8 Å². The Morgan fingerprint density at radius 2 is 1.73 bits per heavy atom. The summed E-state index contributed by atoms with van der Waals surface area (Å²) in [5, 5.41) is 0.618. The van der Waals surface area contributed by atoms with Gasteiger partial charge in [-0.15, -0.1) is 0 Å². The van der Waals surface area contributed by atoms with Crippen LogP contribution in [0.25, 0.3) is 16.9 Å². The van der Waals surface area contributed by atoms with E-state index in [1.807, 2.05) is 48.5 Å². The van der Waals surface area contributed by atoms with Gasteiger partial charge in [0.1, 0.15) is 0 Å². The van der Waals surface area contributed by atoms with Crippen LogP contribution < -0.4 is 11.2 Å². The van der Waals surface area contributed by atoms with Crippen LogP contribution in [0, 0.1) is 0 Å². The Hall–Kier alpha value is -3.12. The molecular formula is C23H23ClN4O2. The van der Waals surface area contributed by atoms with Crippen molar-refractivity contribution >= 4 is 22.8 Å². The van der Waals surface area contributed by atoms with E-state index in [-0.39, 0.29) is 12.1 Å². The summed E-state index contributed by atoms with van der Waals surface area (Å²) >= 11 is 6.31. The summed E-state index contributed by atoms with van der Waals surface area (Å²) in [6.07, 6.45) is 1.59. The monoisotopic (exact) mass is 422 g/mol. The quantitative estimate of drug-likeness (QED) is 0.484. The van der Waals surface area contributed by atoms with Gasteiger partial charge >= 0.3 is 5.69 Å². The molecule has 0 aliphatic heterocycles. The Morgan fingerprint density at radius 3 is 2.37 bits per heavy atom. The van der Waals surface area contributed by atoms with Crippen molar-refractivity contribution in [2.75, 3.05) is 0 Å². The van der Waals surface area contributed by atoms with E-state index in [0.717, 1.165) is 5.56 Å². The number of fused-ring (bicyclic) bond motifs is 1. The molecule has 0 amide bonds. The summed E-state index contributed by atoms with van der Waals surface area (Å²) in [6, 6.07) is 15.3. The van der Waals surface area contributed by atoms with Crippen LogP contribution in [0.2, 0.25) is 5.02 Å². The van der Waals surface area contributed by atoms with Gasteiger partial charge in [0.2, 0.25) is 0 Å². The number of nitrogens with zero attached hydrogens (tertiary/aromatic N) is 4. The Balaban J connectivity index is 1.95. The van der Waals surface area contributed by atoms with Crippen LogP contribution in [0.3, 0.4) is 0 Å². The van der Waals surface area contributed by atoms with Gasteiger partial charge in [-0.2, -0.15) is 0 Å². The van der Waals surface area contributed by atoms with Gasteiger partial charge in [0, 0.05) is 11.6 Å². The van der Waals surface area contributed by atoms with Crippen LogP contribution in [-0.4, -0.2) is 18.7 Å². The van der Waals surface area contributed by atoms with Crippen molar-refractivity contribution in [2.24, 2.45) is 0 Å². The van der Waals surface area contributed by atoms with E-state index >= 15 is 0 Å². The highest BCUT2D eigenvalue weighted by Crippen LogP contribution is 2.20. The van der Waals surface area contributed by atoms with Gasteiger partial charge < -0.3 is 4.57 Å². The predicted octanol–water partition coefficient (Wildman–Crippen LogP) is 4.19. The fourth-order valence-corrected chi connectivity index (χ4v) is 3.83. The first-order chi connectivity index (χ1) is 14.4. The highest BCUT2D eigenvalue weighted by atomic mass is 35.5. The van der Waals surface area contributed by atoms with Crippen molar-refractivity contribution in [2.45, 2.75) is 39.8 Å². The highest BCUT2D eigenvalue weighted by molar-refractivity contribution is 6.31. The van der Waals surface area contributed by atoms with Crippen LogP contribution in [0.4, 0.5) is 0 Å². The van der Waals surface area contributed by atoms with E-state index in [9.17, 15) is 9.59 Å². The maximum Gasteiger partial charge on any atom is 0.337 e. The molecule has 2 heterocycles. The second kappa shape index (κ2) is 7.95. The number of hydrogen-bond donors (Lipinski definition) is 0. The molecule has 4 aromatic rings. The normalized spacial score (nSPS) is 11.5. The van der Waals surface area contributed by atoms with Crippen molar-refractivity contribution < 1.29 is 0 Å². The standard InChI is InChI=1S/C23H23ClN4O2/c1-4-27-22(29)20-21(25-14-26(20)13-17-7-5-6-8-19(17)24)28(23(27)30)18-11-9-16(10-12-18)15(2)3/h5-12,14-15H,4,13H2,1-3H3. The first-order valence-corrected chi connectivity index (χ1v) is 10.3. The van der Waals surface area contributed by atoms with Crippen LogP contribution in [0.1, 0.15) is 37.8 Å². The number of imidazole rings is 1. The molecule has 0 atom stereocenters. The zero-order chi connectivity index (χ0) is 21.4. The van der Waals surface area contributed by atoms with Crippen LogP contribution in [0.15, 0.2) is 64.4 Å². The molecule has 4 rings (SSSR count). The SMILES string of the molecule is CCn1c(=O)c2c(ncn2Cc2ccccc2Cl)n(-c2ccc(C(C)C)cc2)c1=O. The average molecular weight is 423 g/mol. The van der Waals surface area contributed by atoms with Gasteiger partial charge in [0.25, 0.3) is 5.56 Å². The molecule has 0 saturated carbocycles. The largest absolute Gasteiger partial charge is 0.337 e. The lowest BCUT2D eigenvalue weighted by Crippen LogP contribution is -2.39. The summed E-state index contributed by atoms with van der Waals surface area (Å²) in [7, 11) is 0. The molecule has 0 aliphatic rings. The van der Waals surface area contributed by atoms with E-state index in [0.29, 0.717) is 34.3 Å². The molecule has 0 bridgehead atoms. The second-order valence-electron chi connectivity index (χ2n) is 7.55. The lowest BCUT2D eigenvalue weighted by molar-refractivity contribution is 0.655. The van der Waals surface area contributed by atoms with Crippen LogP contribution in [-0.2, 0) is 13.1 Å². The topological polar surface area (TPSA) is 61.8 Å². The number of halogens is 1. The Morgan fingerprint density at radius 1 is 1.03 bits per heavy atom. The molecule has 0 N–H and O–H groups in total.